The van der Waals surface area contributed by atoms with E-state index in [1.807, 2.05) is 20.8 Å². The molecule has 0 bridgehead atoms. The highest BCUT2D eigenvalue weighted by molar-refractivity contribution is 5.48. The van der Waals surface area contributed by atoms with Crippen molar-refractivity contribution < 1.29 is 9.66 Å². The first-order valence-electron chi connectivity index (χ1n) is 4.44. The zero-order valence-corrected chi connectivity index (χ0v) is 8.53. The van der Waals surface area contributed by atoms with Gasteiger partial charge < -0.3 is 4.74 Å². The van der Waals surface area contributed by atoms with E-state index in [0.29, 0.717) is 12.4 Å². The number of ether oxygens (including phenoxy) is 1. The van der Waals surface area contributed by atoms with Crippen LogP contribution in [0.15, 0.2) is 12.1 Å². The summed E-state index contributed by atoms with van der Waals surface area (Å²) in [6, 6.07) is 3.02. The Kier molecular flexibility index (Phi) is 3.06. The van der Waals surface area contributed by atoms with Gasteiger partial charge in [0.25, 0.3) is 5.69 Å². The Balaban J connectivity index is 3.20. The first-order chi connectivity index (χ1) is 6.56. The number of nitro benzene ring substituents is 1. The highest BCUT2D eigenvalue weighted by Crippen LogP contribution is 2.27. The first kappa shape index (κ1) is 10.5. The molecule has 0 N–H and O–H groups in total. The summed E-state index contributed by atoms with van der Waals surface area (Å²) in [4.78, 5) is 10.2. The van der Waals surface area contributed by atoms with Gasteiger partial charge >= 0.3 is 0 Å². The Morgan fingerprint density at radius 1 is 1.43 bits per heavy atom. The van der Waals surface area contributed by atoms with Crippen LogP contribution in [0.4, 0.5) is 5.69 Å². The quantitative estimate of drug-likeness (QED) is 0.550. The van der Waals surface area contributed by atoms with Crippen molar-refractivity contribution in [3.05, 3.63) is 33.4 Å². The second-order valence-electron chi connectivity index (χ2n) is 3.08. The lowest BCUT2D eigenvalue weighted by Gasteiger charge is -2.08. The monoisotopic (exact) mass is 195 g/mol. The van der Waals surface area contributed by atoms with E-state index < -0.39 is 4.92 Å². The van der Waals surface area contributed by atoms with Crippen LogP contribution in [0.3, 0.4) is 0 Å². The minimum absolute atomic E-state index is 0.0801. The average Bonchev–Trinajstić information content (AvgIpc) is 2.12. The number of benzene rings is 1. The smallest absolute Gasteiger partial charge is 0.273 e. The van der Waals surface area contributed by atoms with Gasteiger partial charge in [-0.25, -0.2) is 0 Å². The zero-order chi connectivity index (χ0) is 10.7. The summed E-state index contributed by atoms with van der Waals surface area (Å²) in [5.41, 5.74) is 1.91. The van der Waals surface area contributed by atoms with Gasteiger partial charge in [0.2, 0.25) is 0 Å². The van der Waals surface area contributed by atoms with Crippen molar-refractivity contribution in [2.45, 2.75) is 20.8 Å². The van der Waals surface area contributed by atoms with Crippen molar-refractivity contribution in [2.75, 3.05) is 6.61 Å². The SMILES string of the molecule is CCOc1cc([N+](=O)[O-])cc(C)c1C. The van der Waals surface area contributed by atoms with Gasteiger partial charge in [0.05, 0.1) is 17.6 Å². The van der Waals surface area contributed by atoms with Crippen molar-refractivity contribution in [1.82, 2.24) is 0 Å². The van der Waals surface area contributed by atoms with Crippen LogP contribution in [0.5, 0.6) is 5.75 Å². The van der Waals surface area contributed by atoms with Gasteiger partial charge in [0.15, 0.2) is 0 Å². The van der Waals surface area contributed by atoms with Gasteiger partial charge in [0, 0.05) is 6.07 Å². The van der Waals surface area contributed by atoms with Gasteiger partial charge in [-0.1, -0.05) is 0 Å². The average molecular weight is 195 g/mol. The van der Waals surface area contributed by atoms with Gasteiger partial charge in [-0.3, -0.25) is 10.1 Å². The van der Waals surface area contributed by atoms with Crippen LogP contribution in [0.1, 0.15) is 18.1 Å². The van der Waals surface area contributed by atoms with E-state index in [1.165, 1.54) is 6.07 Å². The molecule has 0 aliphatic heterocycles. The van der Waals surface area contributed by atoms with Gasteiger partial charge in [0.1, 0.15) is 5.75 Å². The zero-order valence-electron chi connectivity index (χ0n) is 8.53. The molecule has 0 saturated heterocycles. The second-order valence-corrected chi connectivity index (χ2v) is 3.08. The van der Waals surface area contributed by atoms with E-state index in [1.54, 1.807) is 6.07 Å². The molecule has 0 unspecified atom stereocenters. The molecule has 0 aliphatic rings. The third kappa shape index (κ3) is 2.02. The highest BCUT2D eigenvalue weighted by atomic mass is 16.6. The van der Waals surface area contributed by atoms with Gasteiger partial charge in [-0.2, -0.15) is 0 Å². The van der Waals surface area contributed by atoms with Crippen LogP contribution < -0.4 is 4.74 Å². The van der Waals surface area contributed by atoms with E-state index in [4.69, 9.17) is 4.74 Å². The largest absolute Gasteiger partial charge is 0.493 e. The minimum Gasteiger partial charge on any atom is -0.493 e. The van der Waals surface area contributed by atoms with Crippen LogP contribution >= 0.6 is 0 Å². The van der Waals surface area contributed by atoms with Crippen LogP contribution in [0.25, 0.3) is 0 Å². The van der Waals surface area contributed by atoms with Crippen molar-refractivity contribution in [3.8, 4) is 5.75 Å². The molecule has 0 heterocycles. The molecule has 4 nitrogen and oxygen atoms in total. The molecular formula is C10H13NO3. The predicted octanol–water partition coefficient (Wildman–Crippen LogP) is 2.61. The van der Waals surface area contributed by atoms with Crippen molar-refractivity contribution in [1.29, 1.82) is 0 Å². The lowest BCUT2D eigenvalue weighted by Crippen LogP contribution is -1.98. The van der Waals surface area contributed by atoms with Crippen LogP contribution in [-0.2, 0) is 0 Å². The maximum absolute atomic E-state index is 10.6. The van der Waals surface area contributed by atoms with Crippen LogP contribution in [-0.4, -0.2) is 11.5 Å². The summed E-state index contributed by atoms with van der Waals surface area (Å²) < 4.78 is 5.30. The number of aryl methyl sites for hydroxylation is 1. The molecule has 0 radical (unpaired) electrons. The standard InChI is InChI=1S/C10H13NO3/c1-4-14-10-6-9(11(12)13)5-7(2)8(10)3/h5-6H,4H2,1-3H3. The third-order valence-electron chi connectivity index (χ3n) is 2.12. The molecule has 0 atom stereocenters. The summed E-state index contributed by atoms with van der Waals surface area (Å²) in [5.74, 6) is 0.596. The summed E-state index contributed by atoms with van der Waals surface area (Å²) >= 11 is 0. The summed E-state index contributed by atoms with van der Waals surface area (Å²) in [7, 11) is 0. The molecular weight excluding hydrogens is 182 g/mol. The Hall–Kier alpha value is -1.58. The maximum Gasteiger partial charge on any atom is 0.273 e. The number of nitro groups is 1. The van der Waals surface area contributed by atoms with Crippen LogP contribution in [0, 0.1) is 24.0 Å². The predicted molar refractivity (Wildman–Crippen MR) is 53.7 cm³/mol. The Morgan fingerprint density at radius 3 is 2.57 bits per heavy atom. The van der Waals surface area contributed by atoms with E-state index in [0.717, 1.165) is 11.1 Å². The summed E-state index contributed by atoms with van der Waals surface area (Å²) in [6.07, 6.45) is 0. The van der Waals surface area contributed by atoms with Gasteiger partial charge in [-0.05, 0) is 31.9 Å². The number of rotatable bonds is 3. The molecule has 0 amide bonds. The third-order valence-corrected chi connectivity index (χ3v) is 2.12. The lowest BCUT2D eigenvalue weighted by molar-refractivity contribution is -0.385. The van der Waals surface area contributed by atoms with Crippen molar-refractivity contribution in [2.24, 2.45) is 0 Å². The molecule has 0 spiro atoms. The van der Waals surface area contributed by atoms with E-state index in [2.05, 4.69) is 0 Å². The number of hydrogen-bond acceptors (Lipinski definition) is 3. The molecule has 4 heteroatoms. The lowest BCUT2D eigenvalue weighted by atomic mass is 10.1. The summed E-state index contributed by atoms with van der Waals surface area (Å²) in [5, 5.41) is 10.6. The van der Waals surface area contributed by atoms with E-state index >= 15 is 0 Å². The molecule has 14 heavy (non-hydrogen) atoms. The Bertz CT molecular complexity index is 361. The molecule has 0 fully saturated rings. The minimum atomic E-state index is -0.408. The summed E-state index contributed by atoms with van der Waals surface area (Å²) in [6.45, 7) is 6.10. The normalized spacial score (nSPS) is 9.93. The highest BCUT2D eigenvalue weighted by Gasteiger charge is 2.12. The Labute approximate surface area is 82.7 Å². The first-order valence-corrected chi connectivity index (χ1v) is 4.44. The molecule has 0 aromatic heterocycles. The van der Waals surface area contributed by atoms with Gasteiger partial charge in [-0.15, -0.1) is 0 Å². The van der Waals surface area contributed by atoms with Crippen LogP contribution in [0.2, 0.25) is 0 Å². The molecule has 76 valence electrons. The maximum atomic E-state index is 10.6. The fourth-order valence-electron chi connectivity index (χ4n) is 1.22. The fraction of sp³-hybridized carbons (Fsp3) is 0.400. The second kappa shape index (κ2) is 4.09. The number of non-ortho nitro benzene ring substituents is 1. The molecule has 0 saturated carbocycles. The van der Waals surface area contributed by atoms with Crippen molar-refractivity contribution in [3.63, 3.8) is 0 Å². The fourth-order valence-corrected chi connectivity index (χ4v) is 1.22. The topological polar surface area (TPSA) is 52.4 Å². The van der Waals surface area contributed by atoms with E-state index in [9.17, 15) is 10.1 Å². The van der Waals surface area contributed by atoms with Crippen molar-refractivity contribution >= 4 is 5.69 Å². The molecule has 1 aromatic carbocycles. The molecule has 1 rings (SSSR count). The number of nitrogens with zero attached hydrogens (tertiary/aromatic N) is 1. The molecule has 1 aromatic rings. The molecule has 0 aliphatic carbocycles. The van der Waals surface area contributed by atoms with E-state index in [-0.39, 0.29) is 5.69 Å². The number of hydrogen-bond donors (Lipinski definition) is 0. The Morgan fingerprint density at radius 2 is 2.07 bits per heavy atom.